The van der Waals surface area contributed by atoms with Gasteiger partial charge in [-0.2, -0.15) is 0 Å². The number of carboxylic acid groups (broad SMARTS) is 1. The van der Waals surface area contributed by atoms with Crippen molar-refractivity contribution in [2.24, 2.45) is 5.92 Å². The van der Waals surface area contributed by atoms with Crippen molar-refractivity contribution >= 4 is 22.6 Å². The molecule has 0 amide bonds. The van der Waals surface area contributed by atoms with E-state index >= 15 is 0 Å². The number of aromatic carboxylic acids is 1. The molecule has 1 aliphatic rings. The number of anilines is 1. The van der Waals surface area contributed by atoms with Crippen LogP contribution in [0.25, 0.3) is 10.9 Å². The molecule has 3 rings (SSSR count). The predicted octanol–water partition coefficient (Wildman–Crippen LogP) is 2.77. The van der Waals surface area contributed by atoms with Crippen LogP contribution in [0.15, 0.2) is 30.3 Å². The molecule has 0 saturated carbocycles. The van der Waals surface area contributed by atoms with Crippen LogP contribution in [0.3, 0.4) is 0 Å². The molecule has 5 heteroatoms. The van der Waals surface area contributed by atoms with Crippen LogP contribution in [0.5, 0.6) is 0 Å². The molecule has 0 spiro atoms. The summed E-state index contributed by atoms with van der Waals surface area (Å²) in [6.45, 7) is 3.64. The van der Waals surface area contributed by atoms with Gasteiger partial charge in [0.05, 0.1) is 11.6 Å². The number of carbonyl (C=O) groups is 1. The van der Waals surface area contributed by atoms with Crippen molar-refractivity contribution in [3.63, 3.8) is 0 Å². The van der Waals surface area contributed by atoms with Crippen molar-refractivity contribution in [1.29, 1.82) is 0 Å². The lowest BCUT2D eigenvalue weighted by atomic mass is 10.0. The minimum atomic E-state index is -1.01. The van der Waals surface area contributed by atoms with E-state index in [4.69, 9.17) is 4.74 Å². The summed E-state index contributed by atoms with van der Waals surface area (Å²) >= 11 is 0. The highest BCUT2D eigenvalue weighted by Gasteiger charge is 2.24. The van der Waals surface area contributed by atoms with Crippen molar-refractivity contribution in [2.45, 2.75) is 19.4 Å². The molecule has 0 aliphatic carbocycles. The van der Waals surface area contributed by atoms with Gasteiger partial charge in [-0.05, 0) is 25.5 Å². The summed E-state index contributed by atoms with van der Waals surface area (Å²) in [5, 5.41) is 13.5. The van der Waals surface area contributed by atoms with E-state index in [1.54, 1.807) is 6.07 Å². The predicted molar refractivity (Wildman–Crippen MR) is 80.7 cm³/mol. The van der Waals surface area contributed by atoms with Crippen molar-refractivity contribution in [1.82, 2.24) is 4.98 Å². The first kappa shape index (κ1) is 13.8. The highest BCUT2D eigenvalue weighted by atomic mass is 16.5. The van der Waals surface area contributed by atoms with Crippen LogP contribution in [0.4, 0.5) is 5.69 Å². The van der Waals surface area contributed by atoms with Crippen LogP contribution in [0.2, 0.25) is 0 Å². The topological polar surface area (TPSA) is 71.5 Å². The van der Waals surface area contributed by atoms with Gasteiger partial charge in [-0.3, -0.25) is 0 Å². The molecule has 1 aromatic carbocycles. The molecule has 5 nitrogen and oxygen atoms in total. The summed E-state index contributed by atoms with van der Waals surface area (Å²) in [5.41, 5.74) is 1.57. The van der Waals surface area contributed by atoms with Gasteiger partial charge in [0.15, 0.2) is 5.69 Å². The van der Waals surface area contributed by atoms with Gasteiger partial charge in [0, 0.05) is 30.1 Å². The quantitative estimate of drug-likeness (QED) is 0.904. The van der Waals surface area contributed by atoms with E-state index in [0.717, 1.165) is 30.6 Å². The Labute approximate surface area is 123 Å². The largest absolute Gasteiger partial charge is 0.477 e. The second-order valence-electron chi connectivity index (χ2n) is 5.38. The molecule has 2 atom stereocenters. The van der Waals surface area contributed by atoms with Gasteiger partial charge in [0.2, 0.25) is 0 Å². The lowest BCUT2D eigenvalue weighted by Crippen LogP contribution is -2.21. The van der Waals surface area contributed by atoms with Crippen LogP contribution in [0.1, 0.15) is 23.8 Å². The molecule has 2 aromatic rings. The van der Waals surface area contributed by atoms with Crippen molar-refractivity contribution in [3.8, 4) is 0 Å². The number of nitrogens with zero attached hydrogens (tertiary/aromatic N) is 1. The van der Waals surface area contributed by atoms with Crippen LogP contribution in [0, 0.1) is 5.92 Å². The first-order chi connectivity index (χ1) is 10.1. The van der Waals surface area contributed by atoms with Gasteiger partial charge in [0.25, 0.3) is 0 Å². The van der Waals surface area contributed by atoms with Crippen molar-refractivity contribution in [2.75, 3.05) is 18.5 Å². The molecule has 1 saturated heterocycles. The third-order valence-electron chi connectivity index (χ3n) is 4.02. The zero-order valence-corrected chi connectivity index (χ0v) is 11.9. The Bertz CT molecular complexity index is 672. The highest BCUT2D eigenvalue weighted by molar-refractivity contribution is 5.97. The smallest absolute Gasteiger partial charge is 0.354 e. The number of carboxylic acids is 1. The number of hydrogen-bond acceptors (Lipinski definition) is 4. The Morgan fingerprint density at radius 3 is 3.00 bits per heavy atom. The van der Waals surface area contributed by atoms with Gasteiger partial charge in [0.1, 0.15) is 0 Å². The Morgan fingerprint density at radius 1 is 1.48 bits per heavy atom. The van der Waals surface area contributed by atoms with Gasteiger partial charge in [-0.15, -0.1) is 0 Å². The summed E-state index contributed by atoms with van der Waals surface area (Å²) < 4.78 is 5.56. The highest BCUT2D eigenvalue weighted by Crippen LogP contribution is 2.26. The Hall–Kier alpha value is -2.14. The molecule has 2 N–H and O–H groups in total. The van der Waals surface area contributed by atoms with Crippen LogP contribution in [-0.4, -0.2) is 35.3 Å². The lowest BCUT2D eigenvalue weighted by Gasteiger charge is -2.17. The second kappa shape index (κ2) is 5.69. The number of fused-ring (bicyclic) bond motifs is 1. The van der Waals surface area contributed by atoms with Crippen LogP contribution < -0.4 is 5.32 Å². The number of benzene rings is 1. The minimum absolute atomic E-state index is 0.0620. The molecule has 0 bridgehead atoms. The molecule has 2 heterocycles. The van der Waals surface area contributed by atoms with Crippen LogP contribution in [-0.2, 0) is 4.74 Å². The summed E-state index contributed by atoms with van der Waals surface area (Å²) in [4.78, 5) is 15.4. The fraction of sp³-hybridized carbons (Fsp3) is 0.375. The molecule has 0 radical (unpaired) electrons. The molecular weight excluding hydrogens is 268 g/mol. The standard InChI is InChI=1S/C16H18N2O3/c1-10-11(6-7-21-10)9-17-14-8-15(16(19)20)18-13-5-3-2-4-12(13)14/h2-5,8,10-11H,6-7,9H2,1H3,(H,17,18)(H,19,20). The zero-order valence-electron chi connectivity index (χ0n) is 11.9. The summed E-state index contributed by atoms with van der Waals surface area (Å²) in [6.07, 6.45) is 1.27. The third kappa shape index (κ3) is 2.83. The average molecular weight is 286 g/mol. The van der Waals surface area contributed by atoms with Crippen molar-refractivity contribution < 1.29 is 14.6 Å². The second-order valence-corrected chi connectivity index (χ2v) is 5.38. The summed E-state index contributed by atoms with van der Waals surface area (Å²) in [7, 11) is 0. The number of aromatic nitrogens is 1. The number of rotatable bonds is 4. The molecular formula is C16H18N2O3. The normalized spacial score (nSPS) is 21.6. The maximum Gasteiger partial charge on any atom is 0.354 e. The molecule has 21 heavy (non-hydrogen) atoms. The maximum atomic E-state index is 11.2. The lowest BCUT2D eigenvalue weighted by molar-refractivity contribution is 0.0691. The van der Waals surface area contributed by atoms with E-state index < -0.39 is 5.97 Å². The Kier molecular flexibility index (Phi) is 3.75. The number of ether oxygens (including phenoxy) is 1. The summed E-state index contributed by atoms with van der Waals surface area (Å²) in [5.74, 6) is -0.563. The molecule has 1 fully saturated rings. The fourth-order valence-electron chi connectivity index (χ4n) is 2.72. The number of para-hydroxylation sites is 1. The molecule has 1 aliphatic heterocycles. The average Bonchev–Trinajstić information content (AvgIpc) is 2.89. The van der Waals surface area contributed by atoms with E-state index in [1.165, 1.54) is 0 Å². The molecule has 1 aromatic heterocycles. The SMILES string of the molecule is CC1OCCC1CNc1cc(C(=O)O)nc2ccccc12. The fourth-order valence-corrected chi connectivity index (χ4v) is 2.72. The zero-order chi connectivity index (χ0) is 14.8. The van der Waals surface area contributed by atoms with Gasteiger partial charge >= 0.3 is 5.97 Å². The van der Waals surface area contributed by atoms with Crippen molar-refractivity contribution in [3.05, 3.63) is 36.0 Å². The van der Waals surface area contributed by atoms with Gasteiger partial charge in [-0.25, -0.2) is 9.78 Å². The first-order valence-corrected chi connectivity index (χ1v) is 7.13. The molecule has 110 valence electrons. The van der Waals surface area contributed by atoms with E-state index in [1.807, 2.05) is 24.3 Å². The van der Waals surface area contributed by atoms with E-state index in [9.17, 15) is 9.90 Å². The van der Waals surface area contributed by atoms with Gasteiger partial charge in [-0.1, -0.05) is 18.2 Å². The monoisotopic (exact) mass is 286 g/mol. The van der Waals surface area contributed by atoms with Crippen LogP contribution >= 0.6 is 0 Å². The first-order valence-electron chi connectivity index (χ1n) is 7.13. The number of hydrogen-bond donors (Lipinski definition) is 2. The van der Waals surface area contributed by atoms with E-state index in [2.05, 4.69) is 17.2 Å². The maximum absolute atomic E-state index is 11.2. The van der Waals surface area contributed by atoms with E-state index in [0.29, 0.717) is 11.4 Å². The molecule has 2 unspecified atom stereocenters. The Morgan fingerprint density at radius 2 is 2.29 bits per heavy atom. The minimum Gasteiger partial charge on any atom is -0.477 e. The Balaban J connectivity index is 1.90. The number of nitrogens with one attached hydrogen (secondary N) is 1. The van der Waals surface area contributed by atoms with E-state index in [-0.39, 0.29) is 11.8 Å². The summed E-state index contributed by atoms with van der Waals surface area (Å²) in [6, 6.07) is 9.17. The third-order valence-corrected chi connectivity index (χ3v) is 4.02. The number of pyridine rings is 1. The van der Waals surface area contributed by atoms with Gasteiger partial charge < -0.3 is 15.2 Å².